The molecule has 0 radical (unpaired) electrons. The van der Waals surface area contributed by atoms with E-state index in [0.29, 0.717) is 55.6 Å². The van der Waals surface area contributed by atoms with Crippen LogP contribution in [0.15, 0.2) is 65.4 Å². The summed E-state index contributed by atoms with van der Waals surface area (Å²) in [5.41, 5.74) is 5.59. The molecule has 6 rings (SSSR count). The lowest BCUT2D eigenvalue weighted by molar-refractivity contribution is 0.0964. The molecule has 1 amide bonds. The maximum absolute atomic E-state index is 13.3. The van der Waals surface area contributed by atoms with Gasteiger partial charge in [0.15, 0.2) is 0 Å². The van der Waals surface area contributed by atoms with Gasteiger partial charge in [-0.05, 0) is 31.9 Å². The number of amides is 1. The summed E-state index contributed by atoms with van der Waals surface area (Å²) in [7, 11) is 0.906. The van der Waals surface area contributed by atoms with Crippen molar-refractivity contribution in [3.05, 3.63) is 76.9 Å². The minimum Gasteiger partial charge on any atom is -0.480 e. The summed E-state index contributed by atoms with van der Waals surface area (Å²) in [5, 5.41) is 7.22. The SMILES string of the molecule is C=C1CCc2sc(-c3cc(-c4cc5c(C(=O)NC)c(-c6ccc(C)cc6)oc5cc4N(C)S(C)(=O)=O)cnc3OC)nc2N1. The Kier molecular flexibility index (Phi) is 7.42. The van der Waals surface area contributed by atoms with Crippen LogP contribution in [-0.2, 0) is 16.4 Å². The number of aromatic nitrogens is 2. The number of rotatable bonds is 7. The van der Waals surface area contributed by atoms with E-state index >= 15 is 0 Å². The van der Waals surface area contributed by atoms with Crippen LogP contribution < -0.4 is 19.7 Å². The largest absolute Gasteiger partial charge is 0.480 e. The number of sulfonamides is 1. The fourth-order valence-corrected chi connectivity index (χ4v) is 6.74. The summed E-state index contributed by atoms with van der Waals surface area (Å²) in [6.45, 7) is 6.01. The number of hydrogen-bond acceptors (Lipinski definition) is 9. The van der Waals surface area contributed by atoms with Crippen molar-refractivity contribution in [2.45, 2.75) is 19.8 Å². The molecular formula is C32H31N5O5S2. The minimum atomic E-state index is -3.68. The second-order valence-electron chi connectivity index (χ2n) is 10.6. The van der Waals surface area contributed by atoms with Crippen molar-refractivity contribution in [3.63, 3.8) is 0 Å². The van der Waals surface area contributed by atoms with Gasteiger partial charge in [0.25, 0.3) is 5.91 Å². The second-order valence-corrected chi connectivity index (χ2v) is 13.7. The molecule has 0 saturated carbocycles. The second kappa shape index (κ2) is 11.1. The number of furan rings is 1. The molecule has 12 heteroatoms. The number of carbonyl (C=O) groups excluding carboxylic acids is 1. The summed E-state index contributed by atoms with van der Waals surface area (Å²) in [6, 6.07) is 13.0. The number of carbonyl (C=O) groups is 1. The quantitative estimate of drug-likeness (QED) is 0.217. The molecule has 5 aromatic rings. The van der Waals surface area contributed by atoms with Crippen molar-refractivity contribution in [2.75, 3.05) is 37.1 Å². The molecule has 10 nitrogen and oxygen atoms in total. The molecule has 1 aliphatic heterocycles. The summed E-state index contributed by atoms with van der Waals surface area (Å²) in [5.74, 6) is 1.21. The third-order valence-corrected chi connectivity index (χ3v) is 9.98. The lowest BCUT2D eigenvalue weighted by Crippen LogP contribution is -2.25. The molecule has 2 N–H and O–H groups in total. The Balaban J connectivity index is 1.61. The number of ether oxygens (including phenoxy) is 1. The van der Waals surface area contributed by atoms with Crippen LogP contribution in [0.2, 0.25) is 0 Å². The fourth-order valence-electron chi connectivity index (χ4n) is 5.21. The normalized spacial score (nSPS) is 13.0. The first-order chi connectivity index (χ1) is 21.0. The molecule has 0 atom stereocenters. The van der Waals surface area contributed by atoms with Crippen LogP contribution in [0, 0.1) is 6.92 Å². The molecule has 44 heavy (non-hydrogen) atoms. The Morgan fingerprint density at radius 2 is 1.89 bits per heavy atom. The molecule has 0 aliphatic carbocycles. The van der Waals surface area contributed by atoms with Gasteiger partial charge >= 0.3 is 0 Å². The van der Waals surface area contributed by atoms with Crippen molar-refractivity contribution in [3.8, 4) is 38.9 Å². The van der Waals surface area contributed by atoms with E-state index in [2.05, 4.69) is 22.2 Å². The molecule has 1 aliphatic rings. The average molecular weight is 630 g/mol. The van der Waals surface area contributed by atoms with Crippen LogP contribution >= 0.6 is 11.3 Å². The Labute approximate surface area is 259 Å². The zero-order valence-corrected chi connectivity index (χ0v) is 26.6. The predicted octanol–water partition coefficient (Wildman–Crippen LogP) is 6.23. The molecule has 0 fully saturated rings. The van der Waals surface area contributed by atoms with Crippen LogP contribution in [0.1, 0.15) is 27.2 Å². The molecule has 0 unspecified atom stereocenters. The maximum Gasteiger partial charge on any atom is 0.255 e. The lowest BCUT2D eigenvalue weighted by Gasteiger charge is -2.21. The topological polar surface area (TPSA) is 127 Å². The number of fused-ring (bicyclic) bond motifs is 2. The van der Waals surface area contributed by atoms with Gasteiger partial charge in [0.2, 0.25) is 15.9 Å². The third kappa shape index (κ3) is 5.20. The standard InChI is InChI=1S/C32H31N5O5S2/c1-17-7-10-19(11-8-17)28-27(30(38)33-3)22-14-21(24(15-25(22)42-28)37(4)44(6,39)40)20-13-23(31(41-5)34-16-20)32-36-29-26(43-32)12-9-18(2)35-29/h7-8,10-11,13-16,35H,2,9,12H2,1,3-6H3,(H,33,38). The monoisotopic (exact) mass is 629 g/mol. The number of hydrogen-bond donors (Lipinski definition) is 2. The van der Waals surface area contributed by atoms with Gasteiger partial charge in [-0.3, -0.25) is 9.10 Å². The zero-order valence-electron chi connectivity index (χ0n) is 24.9. The number of thiazole rings is 1. The van der Waals surface area contributed by atoms with E-state index in [1.54, 1.807) is 43.8 Å². The molecule has 4 heterocycles. The molecule has 0 saturated heterocycles. The van der Waals surface area contributed by atoms with Gasteiger partial charge in [0.05, 0.1) is 30.2 Å². The van der Waals surface area contributed by atoms with E-state index in [0.717, 1.165) is 46.6 Å². The molecule has 0 spiro atoms. The summed E-state index contributed by atoms with van der Waals surface area (Å²) < 4.78 is 38.8. The number of methoxy groups -OCH3 is 1. The highest BCUT2D eigenvalue weighted by atomic mass is 32.2. The number of aryl methyl sites for hydroxylation is 2. The van der Waals surface area contributed by atoms with Gasteiger partial charge in [-0.25, -0.2) is 18.4 Å². The average Bonchev–Trinajstić information content (AvgIpc) is 3.60. The molecule has 2 aromatic carbocycles. The smallest absolute Gasteiger partial charge is 0.255 e. The van der Waals surface area contributed by atoms with E-state index < -0.39 is 10.0 Å². The Morgan fingerprint density at radius 1 is 1.14 bits per heavy atom. The molecule has 226 valence electrons. The summed E-state index contributed by atoms with van der Waals surface area (Å²) in [4.78, 5) is 23.8. The highest BCUT2D eigenvalue weighted by Crippen LogP contribution is 2.44. The lowest BCUT2D eigenvalue weighted by atomic mass is 9.98. The van der Waals surface area contributed by atoms with Crippen molar-refractivity contribution in [2.24, 2.45) is 0 Å². The number of benzene rings is 2. The highest BCUT2D eigenvalue weighted by molar-refractivity contribution is 7.92. The van der Waals surface area contributed by atoms with Crippen LogP contribution in [0.3, 0.4) is 0 Å². The first kappa shape index (κ1) is 29.4. The van der Waals surface area contributed by atoms with Crippen LogP contribution in [0.25, 0.3) is 44.0 Å². The molecule has 3 aromatic heterocycles. The fraction of sp³-hybridized carbons (Fsp3) is 0.219. The first-order valence-corrected chi connectivity index (χ1v) is 16.5. The van der Waals surface area contributed by atoms with Gasteiger partial charge in [-0.2, -0.15) is 0 Å². The van der Waals surface area contributed by atoms with E-state index in [1.165, 1.54) is 11.4 Å². The Hall–Kier alpha value is -4.68. The predicted molar refractivity (Wildman–Crippen MR) is 175 cm³/mol. The van der Waals surface area contributed by atoms with Crippen molar-refractivity contribution in [1.82, 2.24) is 15.3 Å². The Bertz CT molecular complexity index is 2060. The van der Waals surface area contributed by atoms with Crippen LogP contribution in [0.4, 0.5) is 11.5 Å². The summed E-state index contributed by atoms with van der Waals surface area (Å²) >= 11 is 1.54. The van der Waals surface area contributed by atoms with Gasteiger partial charge in [-0.15, -0.1) is 11.3 Å². The maximum atomic E-state index is 13.3. The summed E-state index contributed by atoms with van der Waals surface area (Å²) in [6.07, 6.45) is 4.42. The first-order valence-electron chi connectivity index (χ1n) is 13.8. The van der Waals surface area contributed by atoms with E-state index in [4.69, 9.17) is 14.1 Å². The van der Waals surface area contributed by atoms with E-state index in [1.807, 2.05) is 37.3 Å². The van der Waals surface area contributed by atoms with Gasteiger partial charge in [0, 0.05) is 59.0 Å². The number of anilines is 2. The van der Waals surface area contributed by atoms with E-state index in [-0.39, 0.29) is 5.91 Å². The van der Waals surface area contributed by atoms with Crippen molar-refractivity contribution >= 4 is 49.7 Å². The zero-order chi connectivity index (χ0) is 31.3. The highest BCUT2D eigenvalue weighted by Gasteiger charge is 2.27. The van der Waals surface area contributed by atoms with E-state index in [9.17, 15) is 13.2 Å². The number of nitrogens with zero attached hydrogens (tertiary/aromatic N) is 3. The number of allylic oxidation sites excluding steroid dienone is 1. The third-order valence-electron chi connectivity index (χ3n) is 7.64. The van der Waals surface area contributed by atoms with Gasteiger partial charge in [0.1, 0.15) is 22.2 Å². The van der Waals surface area contributed by atoms with Crippen LogP contribution in [0.5, 0.6) is 5.88 Å². The van der Waals surface area contributed by atoms with Gasteiger partial charge in [-0.1, -0.05) is 36.4 Å². The van der Waals surface area contributed by atoms with Crippen molar-refractivity contribution in [1.29, 1.82) is 0 Å². The molecular weight excluding hydrogens is 599 g/mol. The minimum absolute atomic E-state index is 0.328. The van der Waals surface area contributed by atoms with Crippen LogP contribution in [-0.4, -0.2) is 51.8 Å². The van der Waals surface area contributed by atoms with Gasteiger partial charge < -0.3 is 19.8 Å². The van der Waals surface area contributed by atoms with Crippen molar-refractivity contribution < 1.29 is 22.4 Å². The number of pyridine rings is 1. The Morgan fingerprint density at radius 3 is 2.57 bits per heavy atom. The molecule has 0 bridgehead atoms. The number of nitrogens with one attached hydrogen (secondary N) is 2.